The highest BCUT2D eigenvalue weighted by Gasteiger charge is 2.42. The molecule has 6 heteroatoms. The maximum absolute atomic E-state index is 12.5. The Balaban J connectivity index is 2.10. The van der Waals surface area contributed by atoms with E-state index < -0.39 is 11.9 Å². The van der Waals surface area contributed by atoms with Crippen LogP contribution in [0.1, 0.15) is 26.2 Å². The molecule has 1 saturated carbocycles. The van der Waals surface area contributed by atoms with Gasteiger partial charge in [-0.05, 0) is 19.8 Å². The van der Waals surface area contributed by atoms with Crippen LogP contribution < -0.4 is 5.73 Å². The fourth-order valence-electron chi connectivity index (χ4n) is 3.15. The van der Waals surface area contributed by atoms with Crippen molar-refractivity contribution < 1.29 is 19.4 Å². The summed E-state index contributed by atoms with van der Waals surface area (Å²) in [5.74, 6) is -1.68. The van der Waals surface area contributed by atoms with Crippen LogP contribution in [-0.2, 0) is 14.3 Å². The average Bonchev–Trinajstić information content (AvgIpc) is 2.98. The number of carbonyl (C=O) groups is 2. The second kappa shape index (κ2) is 5.88. The third-order valence-corrected chi connectivity index (χ3v) is 4.28. The lowest BCUT2D eigenvalue weighted by Gasteiger charge is -2.32. The van der Waals surface area contributed by atoms with Gasteiger partial charge in [-0.2, -0.15) is 0 Å². The van der Waals surface area contributed by atoms with Crippen LogP contribution in [-0.4, -0.2) is 53.7 Å². The van der Waals surface area contributed by atoms with Crippen molar-refractivity contribution in [3.63, 3.8) is 0 Å². The quantitative estimate of drug-likeness (QED) is 0.753. The summed E-state index contributed by atoms with van der Waals surface area (Å²) in [6, 6.07) is -0.449. The second-order valence-electron chi connectivity index (χ2n) is 5.38. The normalized spacial score (nSPS) is 34.4. The molecule has 1 saturated heterocycles. The molecule has 0 aromatic rings. The number of amides is 1. The van der Waals surface area contributed by atoms with E-state index in [1.165, 1.54) is 0 Å². The van der Waals surface area contributed by atoms with Crippen molar-refractivity contribution in [2.45, 2.75) is 38.3 Å². The number of ether oxygens (including phenoxy) is 1. The van der Waals surface area contributed by atoms with Gasteiger partial charge in [0.15, 0.2) is 0 Å². The van der Waals surface area contributed by atoms with Crippen LogP contribution in [0.25, 0.3) is 0 Å². The molecule has 0 spiro atoms. The number of nitrogens with two attached hydrogens (primary N) is 1. The third kappa shape index (κ3) is 2.74. The van der Waals surface area contributed by atoms with Crippen LogP contribution in [0.4, 0.5) is 0 Å². The lowest BCUT2D eigenvalue weighted by atomic mass is 9.97. The predicted octanol–water partition coefficient (Wildman–Crippen LogP) is 0.0619. The van der Waals surface area contributed by atoms with Crippen LogP contribution >= 0.6 is 0 Å². The summed E-state index contributed by atoms with van der Waals surface area (Å²) in [7, 11) is 0. The summed E-state index contributed by atoms with van der Waals surface area (Å²) < 4.78 is 5.25. The Morgan fingerprint density at radius 2 is 2.05 bits per heavy atom. The minimum absolute atomic E-state index is 0.00532. The summed E-state index contributed by atoms with van der Waals surface area (Å²) in [6.07, 6.45) is 2.65. The number of carboxylic acid groups (broad SMARTS) is 1. The Labute approximate surface area is 112 Å². The van der Waals surface area contributed by atoms with E-state index in [1.54, 1.807) is 4.90 Å². The molecular weight excluding hydrogens is 248 g/mol. The summed E-state index contributed by atoms with van der Waals surface area (Å²) in [4.78, 5) is 25.4. The molecule has 2 rings (SSSR count). The summed E-state index contributed by atoms with van der Waals surface area (Å²) >= 11 is 0. The van der Waals surface area contributed by atoms with Gasteiger partial charge in [-0.25, -0.2) is 0 Å². The first-order chi connectivity index (χ1) is 9.06. The van der Waals surface area contributed by atoms with E-state index in [2.05, 4.69) is 0 Å². The largest absolute Gasteiger partial charge is 0.481 e. The van der Waals surface area contributed by atoms with Gasteiger partial charge in [-0.3, -0.25) is 9.59 Å². The summed E-state index contributed by atoms with van der Waals surface area (Å²) in [6.45, 7) is 2.86. The third-order valence-electron chi connectivity index (χ3n) is 4.28. The van der Waals surface area contributed by atoms with E-state index in [0.29, 0.717) is 13.2 Å². The maximum atomic E-state index is 12.5. The Morgan fingerprint density at radius 1 is 1.32 bits per heavy atom. The van der Waals surface area contributed by atoms with E-state index in [9.17, 15) is 14.7 Å². The molecule has 108 valence electrons. The van der Waals surface area contributed by atoms with Crippen LogP contribution in [0.2, 0.25) is 0 Å². The maximum Gasteiger partial charge on any atom is 0.311 e. The minimum Gasteiger partial charge on any atom is -0.481 e. The number of carbonyl (C=O) groups excluding carboxylic acids is 1. The van der Waals surface area contributed by atoms with Gasteiger partial charge >= 0.3 is 5.97 Å². The van der Waals surface area contributed by atoms with Gasteiger partial charge in [0, 0.05) is 12.6 Å². The second-order valence-corrected chi connectivity index (χ2v) is 5.38. The van der Waals surface area contributed by atoms with Crippen molar-refractivity contribution in [3.8, 4) is 0 Å². The number of carboxylic acids is 1. The standard InChI is InChI=1S/C13H22N2O4/c1-2-15(11-7-19-6-9(11)13(17)18)12(16)8-4-3-5-10(8)14/h8-11H,2-7,14H2,1H3,(H,17,18). The minimum atomic E-state index is -0.899. The SMILES string of the molecule is CCN(C(=O)C1CCCC1N)C1COCC1C(=O)O. The monoisotopic (exact) mass is 270 g/mol. The molecule has 1 aliphatic carbocycles. The van der Waals surface area contributed by atoms with Gasteiger partial charge in [0.1, 0.15) is 5.92 Å². The first-order valence-electron chi connectivity index (χ1n) is 6.92. The van der Waals surface area contributed by atoms with Gasteiger partial charge in [0.25, 0.3) is 0 Å². The Morgan fingerprint density at radius 3 is 2.58 bits per heavy atom. The molecule has 2 aliphatic rings. The number of rotatable bonds is 4. The predicted molar refractivity (Wildman–Crippen MR) is 68.4 cm³/mol. The molecule has 19 heavy (non-hydrogen) atoms. The fraction of sp³-hybridized carbons (Fsp3) is 0.846. The van der Waals surface area contributed by atoms with Crippen LogP contribution in [0.3, 0.4) is 0 Å². The fourth-order valence-corrected chi connectivity index (χ4v) is 3.15. The van der Waals surface area contributed by atoms with Crippen molar-refractivity contribution in [3.05, 3.63) is 0 Å². The molecular formula is C13H22N2O4. The Kier molecular flexibility index (Phi) is 4.42. The molecule has 2 fully saturated rings. The number of aliphatic carboxylic acids is 1. The molecule has 4 unspecified atom stereocenters. The molecule has 1 aliphatic heterocycles. The number of hydrogen-bond donors (Lipinski definition) is 2. The van der Waals surface area contributed by atoms with Gasteiger partial charge in [-0.1, -0.05) is 6.42 Å². The zero-order chi connectivity index (χ0) is 14.0. The molecule has 0 bridgehead atoms. The average molecular weight is 270 g/mol. The zero-order valence-corrected chi connectivity index (χ0v) is 11.2. The van der Waals surface area contributed by atoms with E-state index in [-0.39, 0.29) is 30.5 Å². The molecule has 1 heterocycles. The Hall–Kier alpha value is -1.14. The molecule has 6 nitrogen and oxygen atoms in total. The molecule has 0 aromatic heterocycles. The first-order valence-corrected chi connectivity index (χ1v) is 6.92. The molecule has 4 atom stereocenters. The van der Waals surface area contributed by atoms with Gasteiger partial charge in [0.2, 0.25) is 5.91 Å². The first kappa shape index (κ1) is 14.3. The van der Waals surface area contributed by atoms with Crippen molar-refractivity contribution in [1.29, 1.82) is 0 Å². The highest BCUT2D eigenvalue weighted by Crippen LogP contribution is 2.29. The van der Waals surface area contributed by atoms with E-state index >= 15 is 0 Å². The van der Waals surface area contributed by atoms with Crippen molar-refractivity contribution in [2.75, 3.05) is 19.8 Å². The van der Waals surface area contributed by atoms with E-state index in [1.807, 2.05) is 6.92 Å². The lowest BCUT2D eigenvalue weighted by Crippen LogP contribution is -2.50. The Bertz CT molecular complexity index is 361. The van der Waals surface area contributed by atoms with Gasteiger partial charge in [-0.15, -0.1) is 0 Å². The van der Waals surface area contributed by atoms with Crippen LogP contribution in [0.5, 0.6) is 0 Å². The smallest absolute Gasteiger partial charge is 0.311 e. The topological polar surface area (TPSA) is 92.9 Å². The van der Waals surface area contributed by atoms with Crippen molar-refractivity contribution in [1.82, 2.24) is 4.90 Å². The number of likely N-dealkylation sites (N-methyl/N-ethyl adjacent to an activating group) is 1. The van der Waals surface area contributed by atoms with Crippen molar-refractivity contribution >= 4 is 11.9 Å². The van der Waals surface area contributed by atoms with E-state index in [0.717, 1.165) is 19.3 Å². The zero-order valence-electron chi connectivity index (χ0n) is 11.2. The summed E-state index contributed by atoms with van der Waals surface area (Å²) in [5.41, 5.74) is 5.97. The lowest BCUT2D eigenvalue weighted by molar-refractivity contribution is -0.146. The highest BCUT2D eigenvalue weighted by molar-refractivity contribution is 5.81. The molecule has 1 amide bonds. The van der Waals surface area contributed by atoms with Crippen molar-refractivity contribution in [2.24, 2.45) is 17.6 Å². The van der Waals surface area contributed by atoms with Gasteiger partial charge < -0.3 is 20.5 Å². The molecule has 0 aromatic carbocycles. The molecule has 0 radical (unpaired) electrons. The number of hydrogen-bond acceptors (Lipinski definition) is 4. The van der Waals surface area contributed by atoms with E-state index in [4.69, 9.17) is 10.5 Å². The highest BCUT2D eigenvalue weighted by atomic mass is 16.5. The van der Waals surface area contributed by atoms with Crippen LogP contribution in [0, 0.1) is 11.8 Å². The summed E-state index contributed by atoms with van der Waals surface area (Å²) in [5, 5.41) is 9.18. The van der Waals surface area contributed by atoms with Gasteiger partial charge in [0.05, 0.1) is 25.2 Å². The molecule has 3 N–H and O–H groups in total. The van der Waals surface area contributed by atoms with Crippen LogP contribution in [0.15, 0.2) is 0 Å². The number of nitrogens with zero attached hydrogens (tertiary/aromatic N) is 1.